The zero-order chi connectivity index (χ0) is 14.0. The molecule has 0 aliphatic heterocycles. The Hall–Kier alpha value is -1.36. The lowest BCUT2D eigenvalue weighted by Crippen LogP contribution is -2.13. The zero-order valence-corrected chi connectivity index (χ0v) is 11.5. The summed E-state index contributed by atoms with van der Waals surface area (Å²) in [6.07, 6.45) is 0. The van der Waals surface area contributed by atoms with Crippen LogP contribution in [0, 0.1) is 5.82 Å². The number of amides is 1. The SMILES string of the molecule is O=C(Nc1cccc(Cl)c1F)c1cc(Cl)nc(Cl)c1. The van der Waals surface area contributed by atoms with Crippen LogP contribution in [0.3, 0.4) is 0 Å². The number of nitrogens with zero attached hydrogens (tertiary/aromatic N) is 1. The molecule has 3 nitrogen and oxygen atoms in total. The molecule has 1 heterocycles. The van der Waals surface area contributed by atoms with E-state index in [1.165, 1.54) is 30.3 Å². The summed E-state index contributed by atoms with van der Waals surface area (Å²) in [5, 5.41) is 2.45. The highest BCUT2D eigenvalue weighted by Crippen LogP contribution is 2.23. The number of rotatable bonds is 2. The van der Waals surface area contributed by atoms with Crippen molar-refractivity contribution in [3.05, 3.63) is 57.0 Å². The van der Waals surface area contributed by atoms with Crippen LogP contribution in [0.5, 0.6) is 0 Å². The van der Waals surface area contributed by atoms with Crippen LogP contribution in [0.1, 0.15) is 10.4 Å². The Bertz CT molecular complexity index is 629. The molecule has 7 heteroatoms. The number of benzene rings is 1. The molecule has 1 aromatic heterocycles. The monoisotopic (exact) mass is 318 g/mol. The fourth-order valence-electron chi connectivity index (χ4n) is 1.39. The number of carbonyl (C=O) groups is 1. The molecule has 19 heavy (non-hydrogen) atoms. The van der Waals surface area contributed by atoms with Gasteiger partial charge >= 0.3 is 0 Å². The van der Waals surface area contributed by atoms with Gasteiger partial charge in [-0.1, -0.05) is 40.9 Å². The number of carbonyl (C=O) groups excluding carboxylic acids is 1. The van der Waals surface area contributed by atoms with Gasteiger partial charge in [-0.15, -0.1) is 0 Å². The van der Waals surface area contributed by atoms with Gasteiger partial charge in [-0.05, 0) is 24.3 Å². The molecule has 0 bridgehead atoms. The molecule has 0 aliphatic rings. The van der Waals surface area contributed by atoms with Crippen molar-refractivity contribution in [3.8, 4) is 0 Å². The summed E-state index contributed by atoms with van der Waals surface area (Å²) in [6.45, 7) is 0. The van der Waals surface area contributed by atoms with Crippen LogP contribution in [-0.2, 0) is 0 Å². The number of nitrogens with one attached hydrogen (secondary N) is 1. The van der Waals surface area contributed by atoms with Gasteiger partial charge in [0.15, 0.2) is 5.82 Å². The van der Waals surface area contributed by atoms with E-state index >= 15 is 0 Å². The van der Waals surface area contributed by atoms with E-state index in [9.17, 15) is 9.18 Å². The molecule has 1 aromatic carbocycles. The fourth-order valence-corrected chi connectivity index (χ4v) is 2.03. The Morgan fingerprint density at radius 1 is 1.16 bits per heavy atom. The van der Waals surface area contributed by atoms with E-state index in [0.29, 0.717) is 0 Å². The minimum absolute atomic E-state index is 0.0263. The van der Waals surface area contributed by atoms with Crippen molar-refractivity contribution in [2.75, 3.05) is 5.32 Å². The molecule has 98 valence electrons. The van der Waals surface area contributed by atoms with E-state index in [2.05, 4.69) is 10.3 Å². The molecule has 1 amide bonds. The quantitative estimate of drug-likeness (QED) is 0.832. The highest BCUT2D eigenvalue weighted by atomic mass is 35.5. The lowest BCUT2D eigenvalue weighted by molar-refractivity contribution is 0.102. The standard InChI is InChI=1S/C12H6Cl3FN2O/c13-7-2-1-3-8(11(7)16)17-12(19)6-4-9(14)18-10(15)5-6/h1-5H,(H,17,19). The Morgan fingerprint density at radius 2 is 1.79 bits per heavy atom. The largest absolute Gasteiger partial charge is 0.319 e. The van der Waals surface area contributed by atoms with E-state index in [1.54, 1.807) is 0 Å². The molecule has 0 spiro atoms. The highest BCUT2D eigenvalue weighted by molar-refractivity contribution is 6.33. The van der Waals surface area contributed by atoms with Crippen molar-refractivity contribution in [1.82, 2.24) is 4.98 Å². The van der Waals surface area contributed by atoms with E-state index in [1.807, 2.05) is 0 Å². The van der Waals surface area contributed by atoms with Gasteiger partial charge < -0.3 is 5.32 Å². The van der Waals surface area contributed by atoms with Gasteiger partial charge in [0.05, 0.1) is 10.7 Å². The molecule has 0 saturated carbocycles. The van der Waals surface area contributed by atoms with Crippen molar-refractivity contribution in [3.63, 3.8) is 0 Å². The highest BCUT2D eigenvalue weighted by Gasteiger charge is 2.12. The molecular formula is C12H6Cl3FN2O. The van der Waals surface area contributed by atoms with Crippen molar-refractivity contribution < 1.29 is 9.18 Å². The Morgan fingerprint density at radius 3 is 2.42 bits per heavy atom. The molecule has 0 atom stereocenters. The molecule has 0 unspecified atom stereocenters. The summed E-state index contributed by atoms with van der Waals surface area (Å²) in [7, 11) is 0. The number of hydrogen-bond donors (Lipinski definition) is 1. The number of hydrogen-bond acceptors (Lipinski definition) is 2. The molecule has 0 fully saturated rings. The number of anilines is 1. The van der Waals surface area contributed by atoms with Crippen LogP contribution < -0.4 is 5.32 Å². The van der Waals surface area contributed by atoms with Crippen LogP contribution in [0.25, 0.3) is 0 Å². The lowest BCUT2D eigenvalue weighted by Gasteiger charge is -2.07. The average Bonchev–Trinajstić information content (AvgIpc) is 2.33. The van der Waals surface area contributed by atoms with Crippen LogP contribution in [-0.4, -0.2) is 10.9 Å². The minimum Gasteiger partial charge on any atom is -0.319 e. The molecule has 2 rings (SSSR count). The molecular weight excluding hydrogens is 314 g/mol. The van der Waals surface area contributed by atoms with Gasteiger partial charge in [-0.3, -0.25) is 4.79 Å². The van der Waals surface area contributed by atoms with Crippen LogP contribution >= 0.6 is 34.8 Å². The molecule has 0 saturated heterocycles. The topological polar surface area (TPSA) is 42.0 Å². The van der Waals surface area contributed by atoms with Crippen LogP contribution in [0.2, 0.25) is 15.3 Å². The average molecular weight is 320 g/mol. The maximum absolute atomic E-state index is 13.6. The number of halogens is 4. The van der Waals surface area contributed by atoms with E-state index in [0.717, 1.165) is 0 Å². The first-order valence-corrected chi connectivity index (χ1v) is 6.19. The van der Waals surface area contributed by atoms with Crippen molar-refractivity contribution in [2.45, 2.75) is 0 Å². The smallest absolute Gasteiger partial charge is 0.255 e. The summed E-state index contributed by atoms with van der Waals surface area (Å²) >= 11 is 17.0. The van der Waals surface area contributed by atoms with Gasteiger partial charge in [0.2, 0.25) is 0 Å². The van der Waals surface area contributed by atoms with Crippen molar-refractivity contribution >= 4 is 46.4 Å². The van der Waals surface area contributed by atoms with Gasteiger partial charge in [0.25, 0.3) is 5.91 Å². The number of aromatic nitrogens is 1. The zero-order valence-electron chi connectivity index (χ0n) is 9.25. The van der Waals surface area contributed by atoms with Crippen LogP contribution in [0.15, 0.2) is 30.3 Å². The summed E-state index contributed by atoms with van der Waals surface area (Å²) in [5.74, 6) is -1.27. The molecule has 0 radical (unpaired) electrons. The lowest BCUT2D eigenvalue weighted by atomic mass is 10.2. The number of pyridine rings is 1. The second-order valence-electron chi connectivity index (χ2n) is 3.56. The molecule has 0 aliphatic carbocycles. The maximum Gasteiger partial charge on any atom is 0.255 e. The van der Waals surface area contributed by atoms with Gasteiger partial charge in [-0.2, -0.15) is 0 Å². The predicted molar refractivity (Wildman–Crippen MR) is 73.6 cm³/mol. The Kier molecular flexibility index (Phi) is 4.24. The summed E-state index contributed by atoms with van der Waals surface area (Å²) < 4.78 is 13.6. The van der Waals surface area contributed by atoms with Gasteiger partial charge in [0.1, 0.15) is 10.3 Å². The van der Waals surface area contributed by atoms with E-state index in [-0.39, 0.29) is 26.6 Å². The second kappa shape index (κ2) is 5.74. The first kappa shape index (κ1) is 14.1. The first-order chi connectivity index (χ1) is 8.97. The second-order valence-corrected chi connectivity index (χ2v) is 4.74. The van der Waals surface area contributed by atoms with Crippen LogP contribution in [0.4, 0.5) is 10.1 Å². The van der Waals surface area contributed by atoms with Gasteiger partial charge in [-0.25, -0.2) is 9.37 Å². The normalized spacial score (nSPS) is 10.3. The minimum atomic E-state index is -0.705. The Labute approximate surface area is 123 Å². The molecule has 1 N–H and O–H groups in total. The van der Waals surface area contributed by atoms with Crippen molar-refractivity contribution in [2.24, 2.45) is 0 Å². The van der Waals surface area contributed by atoms with Gasteiger partial charge in [0, 0.05) is 5.56 Å². The maximum atomic E-state index is 13.6. The third-order valence-corrected chi connectivity index (χ3v) is 2.90. The first-order valence-electron chi connectivity index (χ1n) is 5.06. The predicted octanol–water partition coefficient (Wildman–Crippen LogP) is 4.43. The fraction of sp³-hybridized carbons (Fsp3) is 0. The Balaban J connectivity index is 2.28. The third kappa shape index (κ3) is 3.35. The molecule has 2 aromatic rings. The summed E-state index contributed by atoms with van der Waals surface area (Å²) in [6, 6.07) is 6.94. The van der Waals surface area contributed by atoms with E-state index in [4.69, 9.17) is 34.8 Å². The summed E-state index contributed by atoms with van der Waals surface area (Å²) in [4.78, 5) is 15.6. The van der Waals surface area contributed by atoms with E-state index < -0.39 is 11.7 Å². The third-order valence-electron chi connectivity index (χ3n) is 2.22. The summed E-state index contributed by atoms with van der Waals surface area (Å²) in [5.41, 5.74) is 0.144. The van der Waals surface area contributed by atoms with Crippen molar-refractivity contribution in [1.29, 1.82) is 0 Å².